The largest absolute Gasteiger partial charge is 0.457 e. The van der Waals surface area contributed by atoms with E-state index in [1.807, 2.05) is 16.9 Å². The molecule has 2 aromatic heterocycles. The van der Waals surface area contributed by atoms with Gasteiger partial charge >= 0.3 is 6.09 Å². The van der Waals surface area contributed by atoms with Gasteiger partial charge in [0.15, 0.2) is 0 Å². The number of nitrogens with zero attached hydrogens (tertiary/aromatic N) is 3. The molecule has 1 saturated heterocycles. The van der Waals surface area contributed by atoms with E-state index in [1.165, 1.54) is 0 Å². The van der Waals surface area contributed by atoms with Gasteiger partial charge in [0, 0.05) is 30.5 Å². The highest BCUT2D eigenvalue weighted by Crippen LogP contribution is 2.29. The number of nitrogens with two attached hydrogens (primary N) is 2. The minimum Gasteiger partial charge on any atom is -0.457 e. The van der Waals surface area contributed by atoms with E-state index < -0.39 is 5.91 Å². The van der Waals surface area contributed by atoms with Gasteiger partial charge in [0.05, 0.1) is 30.0 Å². The molecule has 1 aliphatic heterocycles. The minimum atomic E-state index is -0.590. The third kappa shape index (κ3) is 4.92. The number of rotatable bonds is 6. The summed E-state index contributed by atoms with van der Waals surface area (Å²) in [6, 6.07) is 10.8. The number of hydrogen-bond donors (Lipinski definition) is 2. The van der Waals surface area contributed by atoms with Gasteiger partial charge in [0.2, 0.25) is 5.91 Å². The second-order valence-electron chi connectivity index (χ2n) is 7.84. The molecule has 0 saturated carbocycles. The quantitative estimate of drug-likeness (QED) is 0.437. The highest BCUT2D eigenvalue weighted by molar-refractivity contribution is 6.24. The number of furan rings is 1. The number of primary amides is 1. The number of aromatic nitrogens is 2. The molecule has 9 nitrogen and oxygen atoms in total. The number of carbonyl (C=O) groups is 2. The van der Waals surface area contributed by atoms with E-state index >= 15 is 0 Å². The summed E-state index contributed by atoms with van der Waals surface area (Å²) < 4.78 is 12.9. The average Bonchev–Trinajstić information content (AvgIpc) is 3.48. The molecule has 0 spiro atoms. The first kappa shape index (κ1) is 22.2. The van der Waals surface area contributed by atoms with Crippen molar-refractivity contribution < 1.29 is 18.7 Å². The standard InChI is InChI=1S/C24H27N5O4/c1-2-32-24(31)28-11-9-17(10-12-28)29-15-16(14-27-29)22-8-7-18(33-22)13-20(23(26)30)19-5-3-4-6-21(19)25/h3-8,13-15,17H,2,9-12,25H2,1H3,(H2,26,30). The normalized spacial score (nSPS) is 14.9. The van der Waals surface area contributed by atoms with Gasteiger partial charge in [-0.15, -0.1) is 0 Å². The fourth-order valence-electron chi connectivity index (χ4n) is 3.94. The van der Waals surface area contributed by atoms with Gasteiger partial charge in [0.25, 0.3) is 0 Å². The van der Waals surface area contributed by atoms with Gasteiger partial charge in [-0.3, -0.25) is 9.48 Å². The molecular weight excluding hydrogens is 422 g/mol. The van der Waals surface area contributed by atoms with Gasteiger partial charge in [-0.1, -0.05) is 18.2 Å². The van der Waals surface area contributed by atoms with E-state index in [1.54, 1.807) is 54.4 Å². The molecule has 3 aromatic rings. The number of amides is 2. The summed E-state index contributed by atoms with van der Waals surface area (Å²) in [7, 11) is 0. The first-order valence-corrected chi connectivity index (χ1v) is 10.9. The third-order valence-electron chi connectivity index (χ3n) is 5.68. The van der Waals surface area contributed by atoms with Crippen LogP contribution in [0.4, 0.5) is 10.5 Å². The number of likely N-dealkylation sites (tertiary alicyclic amines) is 1. The lowest BCUT2D eigenvalue weighted by Gasteiger charge is -2.31. The van der Waals surface area contributed by atoms with E-state index in [9.17, 15) is 9.59 Å². The Morgan fingerprint density at radius 2 is 1.97 bits per heavy atom. The summed E-state index contributed by atoms with van der Waals surface area (Å²) in [6.07, 6.45) is 6.60. The molecule has 4 N–H and O–H groups in total. The van der Waals surface area contributed by atoms with Crippen LogP contribution in [0.15, 0.2) is 53.2 Å². The molecular formula is C24H27N5O4. The summed E-state index contributed by atoms with van der Waals surface area (Å²) >= 11 is 0. The van der Waals surface area contributed by atoms with E-state index in [4.69, 9.17) is 20.6 Å². The Hall–Kier alpha value is -4.01. The number of para-hydroxylation sites is 1. The zero-order valence-electron chi connectivity index (χ0n) is 18.4. The number of anilines is 1. The van der Waals surface area contributed by atoms with E-state index in [2.05, 4.69) is 5.10 Å². The number of hydrogen-bond acceptors (Lipinski definition) is 6. The molecule has 0 atom stereocenters. The van der Waals surface area contributed by atoms with Crippen molar-refractivity contribution in [1.82, 2.24) is 14.7 Å². The minimum absolute atomic E-state index is 0.196. The highest BCUT2D eigenvalue weighted by atomic mass is 16.6. The average molecular weight is 450 g/mol. The number of benzene rings is 1. The highest BCUT2D eigenvalue weighted by Gasteiger charge is 2.25. The number of piperidine rings is 1. The lowest BCUT2D eigenvalue weighted by atomic mass is 10.0. The summed E-state index contributed by atoms with van der Waals surface area (Å²) in [4.78, 5) is 25.6. The molecule has 4 rings (SSSR count). The molecule has 0 aliphatic carbocycles. The summed E-state index contributed by atoms with van der Waals surface area (Å²) in [5, 5.41) is 4.50. The van der Waals surface area contributed by atoms with Crippen LogP contribution in [0.3, 0.4) is 0 Å². The fraction of sp³-hybridized carbons (Fsp3) is 0.292. The first-order chi connectivity index (χ1) is 16.0. The van der Waals surface area contributed by atoms with Crippen LogP contribution in [-0.2, 0) is 9.53 Å². The number of nitrogen functional groups attached to an aromatic ring is 1. The Kier molecular flexibility index (Phi) is 6.48. The van der Waals surface area contributed by atoms with E-state index in [0.29, 0.717) is 42.5 Å². The number of carbonyl (C=O) groups excluding carboxylic acids is 2. The van der Waals surface area contributed by atoms with E-state index in [0.717, 1.165) is 18.4 Å². The molecule has 9 heteroatoms. The second-order valence-corrected chi connectivity index (χ2v) is 7.84. The maximum absolute atomic E-state index is 12.0. The predicted molar refractivity (Wildman–Crippen MR) is 125 cm³/mol. The van der Waals surface area contributed by atoms with Gasteiger partial charge in [-0.05, 0) is 44.0 Å². The molecule has 1 aliphatic rings. The Morgan fingerprint density at radius 1 is 1.21 bits per heavy atom. The molecule has 0 unspecified atom stereocenters. The van der Waals surface area contributed by atoms with Gasteiger partial charge in [-0.2, -0.15) is 5.10 Å². The van der Waals surface area contributed by atoms with Crippen LogP contribution >= 0.6 is 0 Å². The molecule has 3 heterocycles. The van der Waals surface area contributed by atoms with Crippen LogP contribution in [0.5, 0.6) is 0 Å². The fourth-order valence-corrected chi connectivity index (χ4v) is 3.94. The van der Waals surface area contributed by atoms with Crippen molar-refractivity contribution in [2.75, 3.05) is 25.4 Å². The second kappa shape index (κ2) is 9.64. The summed E-state index contributed by atoms with van der Waals surface area (Å²) in [6.45, 7) is 3.44. The van der Waals surface area contributed by atoms with Crippen molar-refractivity contribution in [3.8, 4) is 11.3 Å². The van der Waals surface area contributed by atoms with Gasteiger partial charge < -0.3 is 25.5 Å². The van der Waals surface area contributed by atoms with Crippen LogP contribution in [0.1, 0.15) is 37.1 Å². The van der Waals surface area contributed by atoms with Crippen LogP contribution in [0, 0.1) is 0 Å². The molecule has 1 fully saturated rings. The lowest BCUT2D eigenvalue weighted by molar-refractivity contribution is -0.112. The topological polar surface area (TPSA) is 130 Å². The summed E-state index contributed by atoms with van der Waals surface area (Å²) in [5.74, 6) is 0.520. The predicted octanol–water partition coefficient (Wildman–Crippen LogP) is 3.54. The molecule has 1 aromatic carbocycles. The molecule has 172 valence electrons. The van der Waals surface area contributed by atoms with Crippen molar-refractivity contribution in [3.63, 3.8) is 0 Å². The Balaban J connectivity index is 1.48. The van der Waals surface area contributed by atoms with Crippen LogP contribution in [0.2, 0.25) is 0 Å². The molecule has 0 bridgehead atoms. The third-order valence-corrected chi connectivity index (χ3v) is 5.68. The van der Waals surface area contributed by atoms with Crippen LogP contribution < -0.4 is 11.5 Å². The maximum atomic E-state index is 12.0. The Labute approximate surface area is 191 Å². The van der Waals surface area contributed by atoms with Gasteiger partial charge in [0.1, 0.15) is 11.5 Å². The Bertz CT molecular complexity index is 1170. The van der Waals surface area contributed by atoms with E-state index in [-0.39, 0.29) is 17.7 Å². The summed E-state index contributed by atoms with van der Waals surface area (Å²) in [5.41, 5.74) is 13.7. The zero-order valence-corrected chi connectivity index (χ0v) is 18.4. The van der Waals surface area contributed by atoms with Crippen molar-refractivity contribution >= 4 is 29.3 Å². The van der Waals surface area contributed by atoms with Crippen molar-refractivity contribution in [2.45, 2.75) is 25.8 Å². The molecule has 2 amide bonds. The van der Waals surface area contributed by atoms with Crippen molar-refractivity contribution in [2.24, 2.45) is 5.73 Å². The van der Waals surface area contributed by atoms with Crippen molar-refractivity contribution in [1.29, 1.82) is 0 Å². The smallest absolute Gasteiger partial charge is 0.409 e. The lowest BCUT2D eigenvalue weighted by Crippen LogP contribution is -2.39. The SMILES string of the molecule is CCOC(=O)N1CCC(n2cc(-c3ccc(C=C(C(N)=O)c4ccccc4N)o3)cn2)CC1. The van der Waals surface area contributed by atoms with Gasteiger partial charge in [-0.25, -0.2) is 4.79 Å². The molecule has 0 radical (unpaired) electrons. The van der Waals surface area contributed by atoms with Crippen molar-refractivity contribution in [3.05, 3.63) is 60.1 Å². The Morgan fingerprint density at radius 3 is 2.67 bits per heavy atom. The maximum Gasteiger partial charge on any atom is 0.409 e. The first-order valence-electron chi connectivity index (χ1n) is 10.9. The molecule has 33 heavy (non-hydrogen) atoms. The van der Waals surface area contributed by atoms with Crippen LogP contribution in [0.25, 0.3) is 23.0 Å². The zero-order chi connectivity index (χ0) is 23.4. The number of ether oxygens (including phenoxy) is 1. The monoisotopic (exact) mass is 449 g/mol. The van der Waals surface area contributed by atoms with Crippen LogP contribution in [-0.4, -0.2) is 46.4 Å².